The monoisotopic (exact) mass is 415 g/mol. The fourth-order valence-corrected chi connectivity index (χ4v) is 3.05. The second kappa shape index (κ2) is 8.05. The lowest BCUT2D eigenvalue weighted by atomic mass is 10.2. The van der Waals surface area contributed by atoms with Crippen molar-refractivity contribution in [2.24, 2.45) is 0 Å². The highest BCUT2D eigenvalue weighted by Crippen LogP contribution is 2.33. The van der Waals surface area contributed by atoms with Crippen molar-refractivity contribution in [3.63, 3.8) is 0 Å². The van der Waals surface area contributed by atoms with Crippen LogP contribution in [-0.4, -0.2) is 70.1 Å². The Balaban J connectivity index is 1.92. The summed E-state index contributed by atoms with van der Waals surface area (Å²) >= 11 is 0. The van der Waals surface area contributed by atoms with Crippen molar-refractivity contribution in [3.05, 3.63) is 41.5 Å². The van der Waals surface area contributed by atoms with Crippen molar-refractivity contribution in [1.29, 1.82) is 0 Å². The first-order valence-corrected chi connectivity index (χ1v) is 8.63. The van der Waals surface area contributed by atoms with E-state index in [1.54, 1.807) is 0 Å². The van der Waals surface area contributed by atoms with Gasteiger partial charge in [-0.3, -0.25) is 4.79 Å². The van der Waals surface area contributed by atoms with Gasteiger partial charge in [0, 0.05) is 26.2 Å². The Morgan fingerprint density at radius 3 is 2.45 bits per heavy atom. The van der Waals surface area contributed by atoms with Gasteiger partial charge in [-0.1, -0.05) is 11.3 Å². The molecule has 1 fully saturated rings. The molecule has 2 aromatic rings. The molecule has 0 spiro atoms. The molecule has 8 nitrogen and oxygen atoms in total. The van der Waals surface area contributed by atoms with Crippen molar-refractivity contribution >= 4 is 12.0 Å². The molecular formula is C17H17F4N5O3. The Labute approximate surface area is 162 Å². The van der Waals surface area contributed by atoms with Crippen LogP contribution in [0.5, 0.6) is 0 Å². The zero-order valence-electron chi connectivity index (χ0n) is 15.3. The molecule has 0 unspecified atom stereocenters. The molecule has 3 rings (SSSR count). The minimum atomic E-state index is -4.95. The number of halogens is 4. The Hall–Kier alpha value is -3.18. The van der Waals surface area contributed by atoms with E-state index >= 15 is 0 Å². The van der Waals surface area contributed by atoms with Crippen molar-refractivity contribution in [3.8, 4) is 5.69 Å². The van der Waals surface area contributed by atoms with Crippen LogP contribution in [0.2, 0.25) is 0 Å². The maximum Gasteiger partial charge on any atom is 0.435 e. The van der Waals surface area contributed by atoms with Crippen LogP contribution in [0.1, 0.15) is 22.6 Å². The van der Waals surface area contributed by atoms with Crippen LogP contribution in [0.25, 0.3) is 5.69 Å². The van der Waals surface area contributed by atoms with E-state index in [4.69, 9.17) is 0 Å². The van der Waals surface area contributed by atoms with Crippen LogP contribution in [0.4, 0.5) is 22.4 Å². The van der Waals surface area contributed by atoms with Crippen LogP contribution in [0, 0.1) is 5.82 Å². The first-order chi connectivity index (χ1) is 13.7. The van der Waals surface area contributed by atoms with Gasteiger partial charge in [-0.15, -0.1) is 5.10 Å². The van der Waals surface area contributed by atoms with Crippen LogP contribution >= 0.6 is 0 Å². The predicted octanol–water partition coefficient (Wildman–Crippen LogP) is 2.34. The number of carbonyl (C=O) groups excluding carboxylic acids is 2. The third-order valence-corrected chi connectivity index (χ3v) is 4.41. The van der Waals surface area contributed by atoms with Gasteiger partial charge in [-0.2, -0.15) is 13.2 Å². The first-order valence-electron chi connectivity index (χ1n) is 8.63. The maximum absolute atomic E-state index is 13.7. The van der Waals surface area contributed by atoms with E-state index in [1.807, 2.05) is 0 Å². The lowest BCUT2D eigenvalue weighted by molar-refractivity contribution is -0.143. The van der Waals surface area contributed by atoms with Crippen molar-refractivity contribution in [2.45, 2.75) is 12.6 Å². The zero-order chi connectivity index (χ0) is 21.2. The largest absolute Gasteiger partial charge is 0.453 e. The quantitative estimate of drug-likeness (QED) is 0.704. The van der Waals surface area contributed by atoms with Gasteiger partial charge in [-0.25, -0.2) is 13.9 Å². The molecule has 156 valence electrons. The highest BCUT2D eigenvalue weighted by atomic mass is 19.4. The highest BCUT2D eigenvalue weighted by molar-refractivity contribution is 5.93. The van der Waals surface area contributed by atoms with E-state index < -0.39 is 35.4 Å². The molecule has 1 aromatic heterocycles. The van der Waals surface area contributed by atoms with Gasteiger partial charge >= 0.3 is 12.3 Å². The summed E-state index contributed by atoms with van der Waals surface area (Å²) < 4.78 is 59.6. The summed E-state index contributed by atoms with van der Waals surface area (Å²) in [5, 5.41) is 6.88. The number of ether oxygens (including phenoxy) is 1. The number of aromatic nitrogens is 3. The summed E-state index contributed by atoms with van der Waals surface area (Å²) in [5.74, 6) is -1.72. The van der Waals surface area contributed by atoms with E-state index in [1.165, 1.54) is 29.0 Å². The van der Waals surface area contributed by atoms with Gasteiger partial charge in [0.15, 0.2) is 11.4 Å². The zero-order valence-corrected chi connectivity index (χ0v) is 15.3. The molecule has 0 atom stereocenters. The Morgan fingerprint density at radius 2 is 1.79 bits per heavy atom. The second-order valence-electron chi connectivity index (χ2n) is 6.28. The summed E-state index contributed by atoms with van der Waals surface area (Å²) in [7, 11) is 1.22. The van der Waals surface area contributed by atoms with E-state index in [-0.39, 0.29) is 25.3 Å². The maximum atomic E-state index is 13.7. The van der Waals surface area contributed by atoms with E-state index in [2.05, 4.69) is 15.0 Å². The van der Waals surface area contributed by atoms with Gasteiger partial charge in [0.2, 0.25) is 0 Å². The Kier molecular flexibility index (Phi) is 5.71. The molecule has 29 heavy (non-hydrogen) atoms. The summed E-state index contributed by atoms with van der Waals surface area (Å²) in [4.78, 5) is 27.0. The van der Waals surface area contributed by atoms with Crippen LogP contribution in [0.3, 0.4) is 0 Å². The summed E-state index contributed by atoms with van der Waals surface area (Å²) in [6, 6.07) is 4.38. The number of rotatable bonds is 2. The van der Waals surface area contributed by atoms with E-state index in [0.717, 1.165) is 12.1 Å². The standard InChI is InChI=1S/C17H17F4N5O3/c1-29-16(28)25-7-3-6-24(8-9-25)15(27)13-14(17(19,20)21)26(23-22-13)12-5-2-4-11(18)10-12/h2,4-5,10H,3,6-9H2,1H3. The second-order valence-corrected chi connectivity index (χ2v) is 6.28. The molecule has 1 aromatic carbocycles. The molecule has 0 aliphatic carbocycles. The number of hydrogen-bond acceptors (Lipinski definition) is 5. The van der Waals surface area contributed by atoms with Gasteiger partial charge in [0.1, 0.15) is 5.82 Å². The Bertz CT molecular complexity index is 915. The van der Waals surface area contributed by atoms with Gasteiger partial charge in [0.05, 0.1) is 12.8 Å². The van der Waals surface area contributed by atoms with Gasteiger partial charge < -0.3 is 14.5 Å². The molecule has 12 heteroatoms. The smallest absolute Gasteiger partial charge is 0.435 e. The van der Waals surface area contributed by atoms with Crippen LogP contribution in [0.15, 0.2) is 24.3 Å². The van der Waals surface area contributed by atoms with Crippen LogP contribution < -0.4 is 0 Å². The SMILES string of the molecule is COC(=O)N1CCCN(C(=O)c2nnn(-c3cccc(F)c3)c2C(F)(F)F)CC1. The molecule has 2 amide bonds. The van der Waals surface area contributed by atoms with Crippen molar-refractivity contribution < 1.29 is 31.9 Å². The number of carbonyl (C=O) groups is 2. The fourth-order valence-electron chi connectivity index (χ4n) is 3.05. The molecule has 0 radical (unpaired) electrons. The number of amides is 2. The Morgan fingerprint density at radius 1 is 1.10 bits per heavy atom. The van der Waals surface area contributed by atoms with Crippen molar-refractivity contribution in [1.82, 2.24) is 24.8 Å². The van der Waals surface area contributed by atoms with E-state index in [9.17, 15) is 27.2 Å². The van der Waals surface area contributed by atoms with Crippen molar-refractivity contribution in [2.75, 3.05) is 33.3 Å². The topological polar surface area (TPSA) is 80.6 Å². The minimum absolute atomic E-state index is 0.0120. The molecule has 2 heterocycles. The number of alkyl halides is 3. The summed E-state index contributed by atoms with van der Waals surface area (Å²) in [5.41, 5.74) is -2.48. The fraction of sp³-hybridized carbons (Fsp3) is 0.412. The molecule has 1 aliphatic heterocycles. The number of hydrogen-bond donors (Lipinski definition) is 0. The lowest BCUT2D eigenvalue weighted by Crippen LogP contribution is -2.38. The molecular weight excluding hydrogens is 398 g/mol. The molecule has 1 aliphatic rings. The summed E-state index contributed by atoms with van der Waals surface area (Å²) in [6.45, 7) is 0.560. The van der Waals surface area contributed by atoms with Gasteiger partial charge in [-0.05, 0) is 24.6 Å². The molecule has 0 saturated carbocycles. The third kappa shape index (κ3) is 4.30. The lowest BCUT2D eigenvalue weighted by Gasteiger charge is -2.21. The average molecular weight is 415 g/mol. The van der Waals surface area contributed by atoms with E-state index in [0.29, 0.717) is 17.6 Å². The normalized spacial score (nSPS) is 15.2. The molecule has 1 saturated heterocycles. The number of benzene rings is 1. The highest BCUT2D eigenvalue weighted by Gasteiger charge is 2.43. The molecule has 0 N–H and O–H groups in total. The first kappa shape index (κ1) is 20.6. The van der Waals surface area contributed by atoms with Crippen LogP contribution in [-0.2, 0) is 10.9 Å². The number of nitrogens with zero attached hydrogens (tertiary/aromatic N) is 5. The summed E-state index contributed by atoms with van der Waals surface area (Å²) in [6.07, 6.45) is -5.17. The molecule has 0 bridgehead atoms. The third-order valence-electron chi connectivity index (χ3n) is 4.41. The average Bonchev–Trinajstić information content (AvgIpc) is 2.99. The predicted molar refractivity (Wildman–Crippen MR) is 90.8 cm³/mol. The van der Waals surface area contributed by atoms with Gasteiger partial charge in [0.25, 0.3) is 5.91 Å². The minimum Gasteiger partial charge on any atom is -0.453 e. The number of methoxy groups -OCH3 is 1.